The number of nitrogens with one attached hydrogen (secondary N) is 1. The zero-order chi connectivity index (χ0) is 21.3. The van der Waals surface area contributed by atoms with Crippen molar-refractivity contribution in [3.8, 4) is 17.2 Å². The minimum absolute atomic E-state index is 0.151. The SMILES string of the molecule is COc1cc(/C=N/NC(=O)COc2cccc(C)c2)ccc1OC(=O)c1cccs1. The van der Waals surface area contributed by atoms with Crippen LogP contribution in [0.2, 0.25) is 0 Å². The average molecular weight is 424 g/mol. The van der Waals surface area contributed by atoms with Gasteiger partial charge in [0, 0.05) is 0 Å². The second kappa shape index (κ2) is 10.2. The van der Waals surface area contributed by atoms with Gasteiger partial charge in [0.15, 0.2) is 18.1 Å². The Hall–Kier alpha value is -3.65. The number of esters is 1. The minimum Gasteiger partial charge on any atom is -0.493 e. The van der Waals surface area contributed by atoms with Gasteiger partial charge < -0.3 is 14.2 Å². The fourth-order valence-corrected chi connectivity index (χ4v) is 3.06. The van der Waals surface area contributed by atoms with Crippen LogP contribution in [0.25, 0.3) is 0 Å². The van der Waals surface area contributed by atoms with Crippen molar-refractivity contribution in [2.75, 3.05) is 13.7 Å². The number of rotatable bonds is 8. The van der Waals surface area contributed by atoms with E-state index in [1.165, 1.54) is 24.7 Å². The standard InChI is InChI=1S/C22H20N2O5S/c1-15-5-3-6-17(11-15)28-14-21(25)24-23-13-16-8-9-18(19(12-16)27-2)29-22(26)20-7-4-10-30-20/h3-13H,14H2,1-2H3,(H,24,25)/b23-13+. The molecule has 3 aromatic rings. The van der Waals surface area contributed by atoms with Crippen LogP contribution in [0.1, 0.15) is 20.8 Å². The third-order valence-electron chi connectivity index (χ3n) is 3.88. The number of methoxy groups -OCH3 is 1. The van der Waals surface area contributed by atoms with Crippen LogP contribution in [0.5, 0.6) is 17.2 Å². The first kappa shape index (κ1) is 21.1. The normalized spacial score (nSPS) is 10.6. The van der Waals surface area contributed by atoms with Gasteiger partial charge in [0.2, 0.25) is 0 Å². The van der Waals surface area contributed by atoms with Gasteiger partial charge in [0.05, 0.1) is 13.3 Å². The lowest BCUT2D eigenvalue weighted by atomic mass is 10.2. The molecule has 0 aliphatic carbocycles. The summed E-state index contributed by atoms with van der Waals surface area (Å²) in [7, 11) is 1.48. The van der Waals surface area contributed by atoms with E-state index in [1.54, 1.807) is 41.8 Å². The van der Waals surface area contributed by atoms with Crippen molar-refractivity contribution in [2.45, 2.75) is 6.92 Å². The Bertz CT molecular complexity index is 1050. The molecule has 3 rings (SSSR count). The van der Waals surface area contributed by atoms with Crippen LogP contribution in [-0.4, -0.2) is 31.8 Å². The highest BCUT2D eigenvalue weighted by Crippen LogP contribution is 2.28. The molecule has 154 valence electrons. The number of ether oxygens (including phenoxy) is 3. The molecule has 0 saturated carbocycles. The van der Waals surface area contributed by atoms with E-state index in [9.17, 15) is 9.59 Å². The molecule has 0 atom stereocenters. The van der Waals surface area contributed by atoms with Crippen molar-refractivity contribution in [1.82, 2.24) is 5.43 Å². The number of thiophene rings is 1. The first-order valence-corrected chi connectivity index (χ1v) is 9.88. The van der Waals surface area contributed by atoms with E-state index in [4.69, 9.17) is 14.2 Å². The lowest BCUT2D eigenvalue weighted by molar-refractivity contribution is -0.123. The molecular weight excluding hydrogens is 404 g/mol. The van der Waals surface area contributed by atoms with E-state index in [2.05, 4.69) is 10.5 Å². The topological polar surface area (TPSA) is 86.2 Å². The molecule has 0 saturated heterocycles. The molecule has 8 heteroatoms. The number of aryl methyl sites for hydroxylation is 1. The van der Waals surface area contributed by atoms with Crippen LogP contribution in [-0.2, 0) is 4.79 Å². The van der Waals surface area contributed by atoms with E-state index in [0.29, 0.717) is 27.7 Å². The van der Waals surface area contributed by atoms with Crippen molar-refractivity contribution in [1.29, 1.82) is 0 Å². The summed E-state index contributed by atoms with van der Waals surface area (Å²) < 4.78 is 16.1. The highest BCUT2D eigenvalue weighted by atomic mass is 32.1. The van der Waals surface area contributed by atoms with E-state index in [0.717, 1.165) is 5.56 Å². The molecule has 30 heavy (non-hydrogen) atoms. The number of benzene rings is 2. The van der Waals surface area contributed by atoms with Gasteiger partial charge in [-0.25, -0.2) is 10.2 Å². The average Bonchev–Trinajstić information content (AvgIpc) is 3.28. The molecule has 0 bridgehead atoms. The van der Waals surface area contributed by atoms with Gasteiger partial charge in [-0.05, 0) is 59.8 Å². The summed E-state index contributed by atoms with van der Waals surface area (Å²) in [5.74, 6) is 0.444. The summed E-state index contributed by atoms with van der Waals surface area (Å²) in [6, 6.07) is 15.8. The molecular formula is C22H20N2O5S. The first-order chi connectivity index (χ1) is 14.5. The van der Waals surface area contributed by atoms with Crippen molar-refractivity contribution >= 4 is 29.4 Å². The van der Waals surface area contributed by atoms with Gasteiger partial charge in [-0.1, -0.05) is 18.2 Å². The third-order valence-corrected chi connectivity index (χ3v) is 4.72. The fraction of sp³-hybridized carbons (Fsp3) is 0.136. The second-order valence-electron chi connectivity index (χ2n) is 6.18. The van der Waals surface area contributed by atoms with E-state index < -0.39 is 5.97 Å². The smallest absolute Gasteiger partial charge is 0.353 e. The summed E-state index contributed by atoms with van der Waals surface area (Å²) in [4.78, 5) is 24.5. The van der Waals surface area contributed by atoms with Crippen LogP contribution in [0, 0.1) is 6.92 Å². The van der Waals surface area contributed by atoms with Gasteiger partial charge in [-0.15, -0.1) is 11.3 Å². The summed E-state index contributed by atoms with van der Waals surface area (Å²) >= 11 is 1.30. The number of carbonyl (C=O) groups is 2. The predicted octanol–water partition coefficient (Wildman–Crippen LogP) is 3.81. The van der Waals surface area contributed by atoms with E-state index in [1.807, 2.05) is 25.1 Å². The predicted molar refractivity (Wildman–Crippen MR) is 115 cm³/mol. The van der Waals surface area contributed by atoms with Crippen LogP contribution in [0.15, 0.2) is 65.1 Å². The maximum Gasteiger partial charge on any atom is 0.353 e. The van der Waals surface area contributed by atoms with Crippen molar-refractivity contribution in [3.63, 3.8) is 0 Å². The summed E-state index contributed by atoms with van der Waals surface area (Å²) in [6.07, 6.45) is 1.46. The number of nitrogens with zero attached hydrogens (tertiary/aromatic N) is 1. The Morgan fingerprint density at radius 1 is 1.10 bits per heavy atom. The molecule has 7 nitrogen and oxygen atoms in total. The van der Waals surface area contributed by atoms with Crippen LogP contribution >= 0.6 is 11.3 Å². The second-order valence-corrected chi connectivity index (χ2v) is 7.12. The Kier molecular flexibility index (Phi) is 7.18. The molecule has 2 aromatic carbocycles. The Balaban J connectivity index is 1.54. The van der Waals surface area contributed by atoms with Crippen molar-refractivity contribution in [2.24, 2.45) is 5.10 Å². The Morgan fingerprint density at radius 2 is 1.97 bits per heavy atom. The molecule has 0 radical (unpaired) electrons. The number of carbonyl (C=O) groups excluding carboxylic acids is 2. The fourth-order valence-electron chi connectivity index (χ4n) is 2.46. The number of amides is 1. The first-order valence-electron chi connectivity index (χ1n) is 9.00. The largest absolute Gasteiger partial charge is 0.493 e. The van der Waals surface area contributed by atoms with Gasteiger partial charge in [0.1, 0.15) is 10.6 Å². The van der Waals surface area contributed by atoms with Crippen LogP contribution < -0.4 is 19.6 Å². The van der Waals surface area contributed by atoms with Crippen LogP contribution in [0.3, 0.4) is 0 Å². The molecule has 1 heterocycles. The molecule has 1 N–H and O–H groups in total. The molecule has 0 aliphatic heterocycles. The molecule has 0 unspecified atom stereocenters. The number of hydrazone groups is 1. The molecule has 0 fully saturated rings. The lowest BCUT2D eigenvalue weighted by Crippen LogP contribution is -2.24. The maximum absolute atomic E-state index is 12.1. The van der Waals surface area contributed by atoms with Gasteiger partial charge >= 0.3 is 5.97 Å². The molecule has 0 aliphatic rings. The zero-order valence-electron chi connectivity index (χ0n) is 16.5. The molecule has 1 amide bonds. The van der Waals surface area contributed by atoms with Crippen molar-refractivity contribution < 1.29 is 23.8 Å². The maximum atomic E-state index is 12.1. The highest BCUT2D eigenvalue weighted by Gasteiger charge is 2.13. The monoisotopic (exact) mass is 424 g/mol. The number of hydrogen-bond donors (Lipinski definition) is 1. The Labute approximate surface area is 177 Å². The quantitative estimate of drug-likeness (QED) is 0.257. The van der Waals surface area contributed by atoms with Gasteiger partial charge in [0.25, 0.3) is 5.91 Å². The van der Waals surface area contributed by atoms with E-state index >= 15 is 0 Å². The van der Waals surface area contributed by atoms with Gasteiger partial charge in [-0.2, -0.15) is 5.10 Å². The summed E-state index contributed by atoms with van der Waals surface area (Å²) in [5, 5.41) is 5.71. The van der Waals surface area contributed by atoms with Crippen LogP contribution in [0.4, 0.5) is 0 Å². The minimum atomic E-state index is -0.453. The Morgan fingerprint density at radius 3 is 2.70 bits per heavy atom. The van der Waals surface area contributed by atoms with Crippen molar-refractivity contribution in [3.05, 3.63) is 76.0 Å². The number of hydrogen-bond acceptors (Lipinski definition) is 7. The summed E-state index contributed by atoms with van der Waals surface area (Å²) in [5.41, 5.74) is 4.10. The lowest BCUT2D eigenvalue weighted by Gasteiger charge is -2.09. The molecule has 0 spiro atoms. The highest BCUT2D eigenvalue weighted by molar-refractivity contribution is 7.12. The third kappa shape index (κ3) is 5.92. The molecule has 1 aromatic heterocycles. The summed E-state index contributed by atoms with van der Waals surface area (Å²) in [6.45, 7) is 1.79. The van der Waals surface area contributed by atoms with Gasteiger partial charge in [-0.3, -0.25) is 4.79 Å². The van der Waals surface area contributed by atoms with E-state index in [-0.39, 0.29) is 12.5 Å². The zero-order valence-corrected chi connectivity index (χ0v) is 17.3.